The number of carbonyl (C=O) groups is 2. The van der Waals surface area contributed by atoms with E-state index in [-0.39, 0.29) is 34.3 Å². The van der Waals surface area contributed by atoms with Gasteiger partial charge in [-0.15, -0.1) is 0 Å². The lowest BCUT2D eigenvalue weighted by atomic mass is 9.97. The van der Waals surface area contributed by atoms with Gasteiger partial charge >= 0.3 is 5.97 Å². The van der Waals surface area contributed by atoms with Crippen LogP contribution in [0.3, 0.4) is 0 Å². The molecular formula is C33H30ClNO7. The first-order chi connectivity index (χ1) is 20.4. The molecule has 3 aromatic carbocycles. The zero-order valence-corrected chi connectivity index (χ0v) is 24.1. The van der Waals surface area contributed by atoms with Crippen molar-refractivity contribution in [1.82, 2.24) is 0 Å². The van der Waals surface area contributed by atoms with E-state index in [1.807, 2.05) is 13.8 Å². The van der Waals surface area contributed by atoms with Gasteiger partial charge in [-0.05, 0) is 73.5 Å². The van der Waals surface area contributed by atoms with Crippen LogP contribution in [0.5, 0.6) is 11.5 Å². The van der Waals surface area contributed by atoms with Gasteiger partial charge in [0.25, 0.3) is 5.91 Å². The highest BCUT2D eigenvalue weighted by Gasteiger charge is 2.44. The van der Waals surface area contributed by atoms with E-state index in [1.165, 1.54) is 11.0 Å². The minimum atomic E-state index is -0.859. The van der Waals surface area contributed by atoms with Crippen molar-refractivity contribution >= 4 is 40.1 Å². The van der Waals surface area contributed by atoms with Gasteiger partial charge in [-0.2, -0.15) is 0 Å². The van der Waals surface area contributed by atoms with Gasteiger partial charge < -0.3 is 18.6 Å². The van der Waals surface area contributed by atoms with E-state index >= 15 is 0 Å². The van der Waals surface area contributed by atoms with Gasteiger partial charge in [0.2, 0.25) is 5.76 Å². The van der Waals surface area contributed by atoms with Crippen molar-refractivity contribution in [1.29, 1.82) is 0 Å². The summed E-state index contributed by atoms with van der Waals surface area (Å²) in [5.41, 5.74) is 1.50. The second-order valence-corrected chi connectivity index (χ2v) is 10.1. The molecule has 8 nitrogen and oxygen atoms in total. The standard InChI is InChI=1S/C33H30ClNO7/c1-4-7-17-41-33(38)20-8-12-23(13-9-20)35-29(21-10-14-26(40-16-5-2)27(18-21)39-6-3)28-30(36)24-19-22(34)11-15-25(24)42-31(28)32(35)37/h5,8-15,18-19,29H,2,4,6-7,16-17H2,1,3H3. The molecule has 1 aliphatic rings. The van der Waals surface area contributed by atoms with E-state index in [2.05, 4.69) is 6.58 Å². The highest BCUT2D eigenvalue weighted by atomic mass is 35.5. The van der Waals surface area contributed by atoms with E-state index in [9.17, 15) is 14.4 Å². The molecule has 42 heavy (non-hydrogen) atoms. The molecule has 5 rings (SSSR count). The fourth-order valence-corrected chi connectivity index (χ4v) is 5.08. The Hall–Kier alpha value is -4.56. The van der Waals surface area contributed by atoms with Crippen LogP contribution in [-0.4, -0.2) is 31.7 Å². The van der Waals surface area contributed by atoms with Crippen molar-refractivity contribution in [2.24, 2.45) is 0 Å². The summed E-state index contributed by atoms with van der Waals surface area (Å²) in [7, 11) is 0. The monoisotopic (exact) mass is 587 g/mol. The number of benzene rings is 3. The van der Waals surface area contributed by atoms with Gasteiger partial charge in [-0.25, -0.2) is 4.79 Å². The number of hydrogen-bond acceptors (Lipinski definition) is 7. The largest absolute Gasteiger partial charge is 0.490 e. The average molecular weight is 588 g/mol. The molecule has 0 saturated carbocycles. The third kappa shape index (κ3) is 5.50. The number of esters is 1. The van der Waals surface area contributed by atoms with Crippen LogP contribution in [0.15, 0.2) is 82.5 Å². The molecule has 216 valence electrons. The molecule has 1 unspecified atom stereocenters. The number of halogens is 1. The van der Waals surface area contributed by atoms with Crippen LogP contribution in [-0.2, 0) is 4.74 Å². The molecule has 0 spiro atoms. The summed E-state index contributed by atoms with van der Waals surface area (Å²) in [6.07, 6.45) is 3.31. The van der Waals surface area contributed by atoms with Crippen molar-refractivity contribution < 1.29 is 28.2 Å². The Bertz CT molecular complexity index is 1710. The summed E-state index contributed by atoms with van der Waals surface area (Å²) in [4.78, 5) is 41.9. The van der Waals surface area contributed by atoms with Gasteiger partial charge in [-0.1, -0.05) is 43.7 Å². The molecule has 1 amide bonds. The smallest absolute Gasteiger partial charge is 0.338 e. The lowest BCUT2D eigenvalue weighted by Gasteiger charge is -2.26. The van der Waals surface area contributed by atoms with E-state index < -0.39 is 17.9 Å². The maximum absolute atomic E-state index is 14.0. The van der Waals surface area contributed by atoms with Crippen molar-refractivity contribution in [3.05, 3.63) is 111 Å². The van der Waals surface area contributed by atoms with Crippen LogP contribution in [0, 0.1) is 0 Å². The number of amides is 1. The fraction of sp³-hybridized carbons (Fsp3) is 0.242. The van der Waals surface area contributed by atoms with Crippen LogP contribution >= 0.6 is 11.6 Å². The minimum absolute atomic E-state index is 0.0622. The molecule has 0 aliphatic carbocycles. The predicted octanol–water partition coefficient (Wildman–Crippen LogP) is 7.12. The first-order valence-electron chi connectivity index (χ1n) is 13.7. The minimum Gasteiger partial charge on any atom is -0.490 e. The van der Waals surface area contributed by atoms with Crippen molar-refractivity contribution in [3.8, 4) is 11.5 Å². The number of rotatable bonds is 11. The maximum Gasteiger partial charge on any atom is 0.338 e. The molecule has 0 radical (unpaired) electrons. The molecule has 0 fully saturated rings. The number of fused-ring (bicyclic) bond motifs is 2. The molecule has 4 aromatic rings. The first kappa shape index (κ1) is 29.0. The Morgan fingerprint density at radius 2 is 1.81 bits per heavy atom. The summed E-state index contributed by atoms with van der Waals surface area (Å²) < 4.78 is 23.0. The summed E-state index contributed by atoms with van der Waals surface area (Å²) in [6, 6.07) is 15.6. The zero-order valence-electron chi connectivity index (χ0n) is 23.4. The molecule has 9 heteroatoms. The molecule has 2 heterocycles. The highest BCUT2D eigenvalue weighted by Crippen LogP contribution is 2.43. The van der Waals surface area contributed by atoms with Gasteiger partial charge in [0.1, 0.15) is 12.2 Å². The molecule has 1 aliphatic heterocycles. The number of ether oxygens (including phenoxy) is 3. The van der Waals surface area contributed by atoms with Crippen LogP contribution in [0.2, 0.25) is 5.02 Å². The van der Waals surface area contributed by atoms with Gasteiger partial charge in [0.15, 0.2) is 16.9 Å². The van der Waals surface area contributed by atoms with E-state index in [0.29, 0.717) is 46.5 Å². The lowest BCUT2D eigenvalue weighted by molar-refractivity contribution is 0.0499. The number of nitrogens with zero attached hydrogens (tertiary/aromatic N) is 1. The van der Waals surface area contributed by atoms with Crippen molar-refractivity contribution in [2.75, 3.05) is 24.7 Å². The van der Waals surface area contributed by atoms with Crippen LogP contribution < -0.4 is 19.8 Å². The summed E-state index contributed by atoms with van der Waals surface area (Å²) in [5.74, 6) is -0.0463. The van der Waals surface area contributed by atoms with Crippen LogP contribution in [0.1, 0.15) is 64.8 Å². The molecule has 1 atom stereocenters. The van der Waals surface area contributed by atoms with E-state index in [1.54, 1.807) is 60.7 Å². The summed E-state index contributed by atoms with van der Waals surface area (Å²) >= 11 is 6.21. The van der Waals surface area contributed by atoms with Crippen LogP contribution in [0.25, 0.3) is 11.0 Å². The molecule has 0 saturated heterocycles. The molecule has 0 bridgehead atoms. The van der Waals surface area contributed by atoms with E-state index in [0.717, 1.165) is 12.8 Å². The van der Waals surface area contributed by atoms with Gasteiger partial charge in [0.05, 0.1) is 35.8 Å². The van der Waals surface area contributed by atoms with Gasteiger partial charge in [-0.3, -0.25) is 14.5 Å². The van der Waals surface area contributed by atoms with Gasteiger partial charge in [0, 0.05) is 10.7 Å². The topological polar surface area (TPSA) is 95.3 Å². The Morgan fingerprint density at radius 3 is 2.52 bits per heavy atom. The molecular weight excluding hydrogens is 558 g/mol. The van der Waals surface area contributed by atoms with Crippen molar-refractivity contribution in [3.63, 3.8) is 0 Å². The Kier molecular flexibility index (Phi) is 8.64. The van der Waals surface area contributed by atoms with Crippen LogP contribution in [0.4, 0.5) is 5.69 Å². The number of carbonyl (C=O) groups excluding carboxylic acids is 2. The maximum atomic E-state index is 14.0. The number of unbranched alkanes of at least 4 members (excludes halogenated alkanes) is 1. The lowest BCUT2D eigenvalue weighted by Crippen LogP contribution is -2.29. The number of hydrogen-bond donors (Lipinski definition) is 0. The highest BCUT2D eigenvalue weighted by molar-refractivity contribution is 6.31. The fourth-order valence-electron chi connectivity index (χ4n) is 4.91. The normalized spacial score (nSPS) is 14.1. The molecule has 1 aromatic heterocycles. The zero-order chi connectivity index (χ0) is 29.8. The predicted molar refractivity (Wildman–Crippen MR) is 161 cm³/mol. The second kappa shape index (κ2) is 12.5. The Morgan fingerprint density at radius 1 is 1.02 bits per heavy atom. The Balaban J connectivity index is 1.64. The average Bonchev–Trinajstić information content (AvgIpc) is 3.29. The summed E-state index contributed by atoms with van der Waals surface area (Å²) in [5, 5.41) is 0.637. The quantitative estimate of drug-likeness (QED) is 0.105. The second-order valence-electron chi connectivity index (χ2n) is 9.67. The Labute approximate surface area is 248 Å². The SMILES string of the molecule is C=CCOc1ccc(C2c3c(oc4ccc(Cl)cc4c3=O)C(=O)N2c2ccc(C(=O)OCCCC)cc2)cc1OCC. The molecule has 0 N–H and O–H groups in total. The number of anilines is 1. The third-order valence-electron chi connectivity index (χ3n) is 6.88. The third-order valence-corrected chi connectivity index (χ3v) is 7.12. The summed E-state index contributed by atoms with van der Waals surface area (Å²) in [6.45, 7) is 8.54. The first-order valence-corrected chi connectivity index (χ1v) is 14.1. The van der Waals surface area contributed by atoms with Crippen molar-refractivity contribution in [2.45, 2.75) is 32.7 Å². The van der Waals surface area contributed by atoms with E-state index in [4.69, 9.17) is 30.2 Å².